The summed E-state index contributed by atoms with van der Waals surface area (Å²) in [4.78, 5) is 16.1. The number of pyridine rings is 1. The molecule has 2 aromatic rings. The lowest BCUT2D eigenvalue weighted by atomic mass is 9.90. The Morgan fingerprint density at radius 2 is 1.90 bits per heavy atom. The van der Waals surface area contributed by atoms with Crippen molar-refractivity contribution in [2.24, 2.45) is 5.84 Å². The Bertz CT molecular complexity index is 694. The minimum atomic E-state index is -0.308. The van der Waals surface area contributed by atoms with Crippen molar-refractivity contribution in [1.82, 2.24) is 10.4 Å². The number of hydrazine groups is 1. The number of nitrogens with zero attached hydrogens (tertiary/aromatic N) is 1. The highest BCUT2D eigenvalue weighted by Crippen LogP contribution is 2.27. The molecule has 1 amide bonds. The highest BCUT2D eigenvalue weighted by Gasteiger charge is 2.13. The topological polar surface area (TPSA) is 68.0 Å². The Hall–Kier alpha value is -2.20. The van der Waals surface area contributed by atoms with Gasteiger partial charge in [-0.2, -0.15) is 0 Å². The smallest absolute Gasteiger partial charge is 0.267 e. The molecular formula is C17H19N3O. The lowest BCUT2D eigenvalue weighted by Gasteiger charge is -2.16. The van der Waals surface area contributed by atoms with Crippen molar-refractivity contribution in [2.75, 3.05) is 0 Å². The van der Waals surface area contributed by atoms with Crippen LogP contribution in [0.15, 0.2) is 30.3 Å². The van der Waals surface area contributed by atoms with Gasteiger partial charge in [0.2, 0.25) is 0 Å². The number of nitrogen functional groups attached to an aromatic ring is 1. The summed E-state index contributed by atoms with van der Waals surface area (Å²) in [6.07, 6.45) is 4.87. The Kier molecular flexibility index (Phi) is 3.71. The number of aryl methyl sites for hydroxylation is 3. The van der Waals surface area contributed by atoms with Gasteiger partial charge in [-0.15, -0.1) is 0 Å². The van der Waals surface area contributed by atoms with Crippen LogP contribution in [0.3, 0.4) is 0 Å². The summed E-state index contributed by atoms with van der Waals surface area (Å²) in [5.74, 6) is 4.86. The summed E-state index contributed by atoms with van der Waals surface area (Å²) < 4.78 is 0. The number of aromatic nitrogens is 1. The second-order valence-corrected chi connectivity index (χ2v) is 5.49. The van der Waals surface area contributed by atoms with Crippen LogP contribution in [0.4, 0.5) is 0 Å². The first-order valence-corrected chi connectivity index (χ1v) is 7.30. The van der Waals surface area contributed by atoms with E-state index < -0.39 is 0 Å². The fraction of sp³-hybridized carbons (Fsp3) is 0.294. The molecule has 0 saturated heterocycles. The molecule has 4 nitrogen and oxygen atoms in total. The van der Waals surface area contributed by atoms with Crippen molar-refractivity contribution in [3.05, 3.63) is 52.7 Å². The number of nitrogens with one attached hydrogen (secondary N) is 1. The van der Waals surface area contributed by atoms with Gasteiger partial charge in [0.05, 0.1) is 17.0 Å². The van der Waals surface area contributed by atoms with Crippen molar-refractivity contribution in [1.29, 1.82) is 0 Å². The van der Waals surface area contributed by atoms with Crippen molar-refractivity contribution < 1.29 is 4.79 Å². The van der Waals surface area contributed by atoms with Crippen LogP contribution in [0, 0.1) is 6.92 Å². The third kappa shape index (κ3) is 2.67. The van der Waals surface area contributed by atoms with Crippen LogP contribution in [-0.2, 0) is 12.8 Å². The maximum absolute atomic E-state index is 11.6. The van der Waals surface area contributed by atoms with E-state index in [1.807, 2.05) is 13.0 Å². The molecule has 0 radical (unpaired) electrons. The standard InChI is InChI=1S/C17H19N3O/c1-11-15(17(21)20-18)8-9-16(19-11)14-7-6-12-4-2-3-5-13(12)10-14/h6-10H,2-5,18H2,1H3,(H,20,21). The van der Waals surface area contributed by atoms with Crippen LogP contribution in [0.1, 0.15) is 40.0 Å². The third-order valence-corrected chi connectivity index (χ3v) is 4.11. The summed E-state index contributed by atoms with van der Waals surface area (Å²) in [6.45, 7) is 1.83. The van der Waals surface area contributed by atoms with Crippen molar-refractivity contribution in [3.8, 4) is 11.3 Å². The van der Waals surface area contributed by atoms with Gasteiger partial charge in [0, 0.05) is 5.56 Å². The van der Waals surface area contributed by atoms with Crippen molar-refractivity contribution in [3.63, 3.8) is 0 Å². The van der Waals surface area contributed by atoms with Gasteiger partial charge < -0.3 is 0 Å². The molecule has 0 saturated carbocycles. The van der Waals surface area contributed by atoms with Gasteiger partial charge in [0.1, 0.15) is 0 Å². The molecule has 1 aliphatic carbocycles. The number of nitrogens with two attached hydrogens (primary N) is 1. The third-order valence-electron chi connectivity index (χ3n) is 4.11. The molecule has 1 aromatic carbocycles. The van der Waals surface area contributed by atoms with E-state index in [9.17, 15) is 4.79 Å². The van der Waals surface area contributed by atoms with Crippen LogP contribution in [-0.4, -0.2) is 10.9 Å². The number of rotatable bonds is 2. The van der Waals surface area contributed by atoms with Gasteiger partial charge in [0.15, 0.2) is 0 Å². The Labute approximate surface area is 124 Å². The molecule has 3 N–H and O–H groups in total. The first-order chi connectivity index (χ1) is 10.2. The molecule has 0 atom stereocenters. The zero-order valence-corrected chi connectivity index (χ0v) is 12.1. The van der Waals surface area contributed by atoms with Gasteiger partial charge in [-0.3, -0.25) is 15.2 Å². The van der Waals surface area contributed by atoms with Crippen LogP contribution >= 0.6 is 0 Å². The SMILES string of the molecule is Cc1nc(-c2ccc3c(c2)CCCC3)ccc1C(=O)NN. The van der Waals surface area contributed by atoms with Crippen molar-refractivity contribution >= 4 is 5.91 Å². The molecule has 108 valence electrons. The van der Waals surface area contributed by atoms with Crippen LogP contribution in [0.5, 0.6) is 0 Å². The summed E-state index contributed by atoms with van der Waals surface area (Å²) >= 11 is 0. The summed E-state index contributed by atoms with van der Waals surface area (Å²) in [7, 11) is 0. The maximum Gasteiger partial charge on any atom is 0.267 e. The number of benzene rings is 1. The van der Waals surface area contributed by atoms with E-state index in [1.54, 1.807) is 6.07 Å². The summed E-state index contributed by atoms with van der Waals surface area (Å²) in [5, 5.41) is 0. The van der Waals surface area contributed by atoms with Gasteiger partial charge in [-0.1, -0.05) is 12.1 Å². The normalized spacial score (nSPS) is 13.6. The number of amides is 1. The molecule has 21 heavy (non-hydrogen) atoms. The molecule has 1 aliphatic rings. The average molecular weight is 281 g/mol. The van der Waals surface area contributed by atoms with Crippen LogP contribution < -0.4 is 11.3 Å². The minimum Gasteiger partial charge on any atom is -0.290 e. The lowest BCUT2D eigenvalue weighted by molar-refractivity contribution is 0.0952. The van der Waals surface area contributed by atoms with Gasteiger partial charge in [0.25, 0.3) is 5.91 Å². The number of hydrogen-bond acceptors (Lipinski definition) is 3. The molecule has 3 rings (SSSR count). The zero-order valence-electron chi connectivity index (χ0n) is 12.1. The average Bonchev–Trinajstić information content (AvgIpc) is 2.53. The predicted molar refractivity (Wildman–Crippen MR) is 82.7 cm³/mol. The van der Waals surface area contributed by atoms with Gasteiger partial charge in [-0.05, 0) is 61.9 Å². The molecule has 1 heterocycles. The van der Waals surface area contributed by atoms with E-state index >= 15 is 0 Å². The van der Waals surface area contributed by atoms with Gasteiger partial charge >= 0.3 is 0 Å². The monoisotopic (exact) mass is 281 g/mol. The molecule has 0 bridgehead atoms. The first kappa shape index (κ1) is 13.8. The zero-order chi connectivity index (χ0) is 14.8. The largest absolute Gasteiger partial charge is 0.290 e. The fourth-order valence-electron chi connectivity index (χ4n) is 2.93. The highest BCUT2D eigenvalue weighted by molar-refractivity contribution is 5.95. The van der Waals surface area contributed by atoms with E-state index in [2.05, 4.69) is 28.6 Å². The number of carbonyl (C=O) groups excluding carboxylic acids is 1. The van der Waals surface area contributed by atoms with E-state index in [4.69, 9.17) is 5.84 Å². The van der Waals surface area contributed by atoms with Crippen LogP contribution in [0.25, 0.3) is 11.3 Å². The van der Waals surface area contributed by atoms with Gasteiger partial charge in [-0.25, -0.2) is 5.84 Å². The van der Waals surface area contributed by atoms with Crippen molar-refractivity contribution in [2.45, 2.75) is 32.6 Å². The van der Waals surface area contributed by atoms with E-state index in [0.717, 1.165) is 17.7 Å². The Morgan fingerprint density at radius 1 is 1.14 bits per heavy atom. The quantitative estimate of drug-likeness (QED) is 0.505. The molecular weight excluding hydrogens is 262 g/mol. The number of hydrogen-bond donors (Lipinski definition) is 2. The van der Waals surface area contributed by atoms with E-state index in [-0.39, 0.29) is 5.91 Å². The second kappa shape index (κ2) is 5.66. The summed E-state index contributed by atoms with van der Waals surface area (Å²) in [6, 6.07) is 10.2. The Balaban J connectivity index is 1.97. The molecule has 0 fully saturated rings. The Morgan fingerprint density at radius 3 is 2.62 bits per heavy atom. The fourth-order valence-corrected chi connectivity index (χ4v) is 2.93. The number of fused-ring (bicyclic) bond motifs is 1. The van der Waals surface area contributed by atoms with Crippen LogP contribution in [0.2, 0.25) is 0 Å². The summed E-state index contributed by atoms with van der Waals surface area (Å²) in [5.41, 5.74) is 8.24. The maximum atomic E-state index is 11.6. The molecule has 4 heteroatoms. The first-order valence-electron chi connectivity index (χ1n) is 7.30. The number of carbonyl (C=O) groups is 1. The highest BCUT2D eigenvalue weighted by atomic mass is 16.2. The molecule has 0 aliphatic heterocycles. The molecule has 0 unspecified atom stereocenters. The molecule has 0 spiro atoms. The van der Waals surface area contributed by atoms with E-state index in [0.29, 0.717) is 11.3 Å². The van der Waals surface area contributed by atoms with E-state index in [1.165, 1.54) is 30.4 Å². The molecule has 1 aromatic heterocycles. The predicted octanol–water partition coefficient (Wildman–Crippen LogP) is 2.54. The second-order valence-electron chi connectivity index (χ2n) is 5.49. The lowest BCUT2D eigenvalue weighted by Crippen LogP contribution is -2.30. The minimum absolute atomic E-state index is 0.308.